The molecule has 0 saturated carbocycles. The van der Waals surface area contributed by atoms with E-state index in [-0.39, 0.29) is 12.2 Å². The molecule has 0 bridgehead atoms. The molecule has 0 aliphatic heterocycles. The van der Waals surface area contributed by atoms with Gasteiger partial charge in [0.1, 0.15) is 6.42 Å². The lowest BCUT2D eigenvalue weighted by atomic mass is 10.2. The minimum atomic E-state index is -0.516. The van der Waals surface area contributed by atoms with Crippen molar-refractivity contribution in [3.63, 3.8) is 0 Å². The van der Waals surface area contributed by atoms with E-state index < -0.39 is 5.97 Å². The van der Waals surface area contributed by atoms with Crippen LogP contribution < -0.4 is 0 Å². The van der Waals surface area contributed by atoms with Crippen molar-refractivity contribution < 1.29 is 14.3 Å². The molecule has 1 rings (SSSR count). The van der Waals surface area contributed by atoms with Gasteiger partial charge in [0.2, 0.25) is 0 Å². The average molecular weight is 199 g/mol. The molecule has 5 heteroatoms. The lowest BCUT2D eigenvalue weighted by Crippen LogP contribution is -2.08. The molecule has 0 aromatic carbocycles. The van der Waals surface area contributed by atoms with E-state index in [1.807, 2.05) is 0 Å². The summed E-state index contributed by atoms with van der Waals surface area (Å²) < 4.78 is 8.23. The molecule has 0 aliphatic carbocycles. The molecule has 0 spiro atoms. The Morgan fingerprint density at radius 1 is 1.62 bits per heavy atom. The topological polar surface area (TPSA) is 56.3 Å². The minimum Gasteiger partial charge on any atom is -0.469 e. The second kappa shape index (κ2) is 4.13. The number of rotatable bonds is 3. The van der Waals surface area contributed by atoms with Crippen LogP contribution in [0.15, 0.2) is 6.20 Å². The number of nitrogens with zero attached hydrogens (tertiary/aromatic N) is 1. The monoisotopic (exact) mass is 199 g/mol. The Morgan fingerprint density at radius 3 is 2.77 bits per heavy atom. The Morgan fingerprint density at radius 2 is 2.31 bits per heavy atom. The molecule has 0 aliphatic rings. The highest BCUT2D eigenvalue weighted by Crippen LogP contribution is 2.14. The van der Waals surface area contributed by atoms with Crippen molar-refractivity contribution in [2.24, 2.45) is 0 Å². The molecular formula is C8H9NO3S. The number of ether oxygens (including phenoxy) is 1. The van der Waals surface area contributed by atoms with Crippen molar-refractivity contribution in [3.8, 4) is 0 Å². The van der Waals surface area contributed by atoms with E-state index in [2.05, 4.69) is 9.11 Å². The quantitative estimate of drug-likeness (QED) is 0.417. The van der Waals surface area contributed by atoms with E-state index >= 15 is 0 Å². The largest absolute Gasteiger partial charge is 0.469 e. The summed E-state index contributed by atoms with van der Waals surface area (Å²) in [6.45, 7) is 1.79. The number of ketones is 1. The first kappa shape index (κ1) is 9.85. The van der Waals surface area contributed by atoms with Crippen LogP contribution in [0.1, 0.15) is 21.7 Å². The Labute approximate surface area is 79.7 Å². The van der Waals surface area contributed by atoms with Crippen LogP contribution in [0, 0.1) is 6.92 Å². The zero-order valence-electron chi connectivity index (χ0n) is 7.36. The van der Waals surface area contributed by atoms with E-state index in [1.54, 1.807) is 13.1 Å². The lowest BCUT2D eigenvalue weighted by Gasteiger charge is -1.96. The van der Waals surface area contributed by atoms with Gasteiger partial charge in [-0.25, -0.2) is 4.37 Å². The minimum absolute atomic E-state index is 0.209. The molecule has 0 amide bonds. The number of carbonyl (C=O) groups is 2. The zero-order chi connectivity index (χ0) is 9.84. The third-order valence-corrected chi connectivity index (χ3v) is 2.48. The van der Waals surface area contributed by atoms with Crippen LogP contribution in [0.4, 0.5) is 0 Å². The predicted molar refractivity (Wildman–Crippen MR) is 47.8 cm³/mol. The van der Waals surface area contributed by atoms with Gasteiger partial charge in [-0.3, -0.25) is 9.59 Å². The van der Waals surface area contributed by atoms with Crippen LogP contribution in [-0.4, -0.2) is 23.2 Å². The van der Waals surface area contributed by atoms with E-state index in [0.29, 0.717) is 4.88 Å². The number of Topliss-reactive ketones (excluding diaryl/α,β-unsaturated/α-hetero) is 1. The number of aromatic nitrogens is 1. The summed E-state index contributed by atoms with van der Waals surface area (Å²) in [5.74, 6) is -0.746. The van der Waals surface area contributed by atoms with Gasteiger partial charge >= 0.3 is 5.97 Å². The van der Waals surface area contributed by atoms with Gasteiger partial charge in [-0.15, -0.1) is 0 Å². The van der Waals surface area contributed by atoms with Crippen LogP contribution in [0.25, 0.3) is 0 Å². The van der Waals surface area contributed by atoms with Crippen LogP contribution in [0.3, 0.4) is 0 Å². The third-order valence-electron chi connectivity index (χ3n) is 1.53. The fourth-order valence-corrected chi connectivity index (χ4v) is 1.53. The van der Waals surface area contributed by atoms with E-state index in [1.165, 1.54) is 7.11 Å². The van der Waals surface area contributed by atoms with Gasteiger partial charge in [0.15, 0.2) is 5.78 Å². The Balaban J connectivity index is 2.69. The van der Waals surface area contributed by atoms with Crippen molar-refractivity contribution >= 4 is 23.3 Å². The van der Waals surface area contributed by atoms with Gasteiger partial charge in [0, 0.05) is 6.20 Å². The number of methoxy groups -OCH3 is 1. The molecule has 0 unspecified atom stereocenters. The van der Waals surface area contributed by atoms with Gasteiger partial charge in [0.05, 0.1) is 12.0 Å². The van der Waals surface area contributed by atoms with E-state index in [0.717, 1.165) is 17.1 Å². The summed E-state index contributed by atoms with van der Waals surface area (Å²) in [6.07, 6.45) is 1.40. The molecule has 0 saturated heterocycles. The molecule has 4 nitrogen and oxygen atoms in total. The van der Waals surface area contributed by atoms with Crippen LogP contribution in [-0.2, 0) is 9.53 Å². The van der Waals surface area contributed by atoms with Crippen LogP contribution in [0.2, 0.25) is 0 Å². The van der Waals surface area contributed by atoms with Crippen LogP contribution in [0.5, 0.6) is 0 Å². The number of aryl methyl sites for hydroxylation is 1. The number of esters is 1. The summed E-state index contributed by atoms with van der Waals surface area (Å²) in [6, 6.07) is 0. The molecular weight excluding hydrogens is 190 g/mol. The molecule has 13 heavy (non-hydrogen) atoms. The van der Waals surface area contributed by atoms with Crippen molar-refractivity contribution in [3.05, 3.63) is 16.6 Å². The first-order valence-corrected chi connectivity index (χ1v) is 4.43. The van der Waals surface area contributed by atoms with E-state index in [4.69, 9.17) is 0 Å². The second-order valence-electron chi connectivity index (χ2n) is 2.51. The number of carbonyl (C=O) groups excluding carboxylic acids is 2. The average Bonchev–Trinajstić information content (AvgIpc) is 2.51. The summed E-state index contributed by atoms with van der Waals surface area (Å²) in [7, 11) is 1.26. The van der Waals surface area contributed by atoms with Gasteiger partial charge in [-0.1, -0.05) is 0 Å². The number of hydrogen-bond donors (Lipinski definition) is 0. The standard InChI is InChI=1S/C8H9NO3S/c1-5-4-9-13-8(5)6(10)3-7(11)12-2/h4H,3H2,1-2H3. The molecule has 0 fully saturated rings. The fourth-order valence-electron chi connectivity index (χ4n) is 0.843. The highest BCUT2D eigenvalue weighted by atomic mass is 32.1. The molecule has 70 valence electrons. The molecule has 0 radical (unpaired) electrons. The SMILES string of the molecule is COC(=O)CC(=O)c1sncc1C. The second-order valence-corrected chi connectivity index (χ2v) is 3.32. The maximum atomic E-state index is 11.4. The van der Waals surface area contributed by atoms with Crippen LogP contribution >= 0.6 is 11.5 Å². The molecule has 1 aromatic heterocycles. The van der Waals surface area contributed by atoms with Crippen molar-refractivity contribution in [1.82, 2.24) is 4.37 Å². The molecule has 0 N–H and O–H groups in total. The molecule has 1 heterocycles. The Kier molecular flexibility index (Phi) is 3.13. The summed E-state index contributed by atoms with van der Waals surface area (Å²) >= 11 is 1.10. The first-order chi connectivity index (χ1) is 6.15. The lowest BCUT2D eigenvalue weighted by molar-refractivity contribution is -0.139. The van der Waals surface area contributed by atoms with Gasteiger partial charge in [0.25, 0.3) is 0 Å². The Bertz CT molecular complexity index is 332. The Hall–Kier alpha value is -1.23. The fraction of sp³-hybridized carbons (Fsp3) is 0.375. The predicted octanol–water partition coefficient (Wildman–Crippen LogP) is 1.20. The first-order valence-electron chi connectivity index (χ1n) is 3.66. The smallest absolute Gasteiger partial charge is 0.313 e. The maximum Gasteiger partial charge on any atom is 0.313 e. The highest BCUT2D eigenvalue weighted by molar-refractivity contribution is 7.08. The van der Waals surface area contributed by atoms with Gasteiger partial charge in [-0.05, 0) is 24.0 Å². The highest BCUT2D eigenvalue weighted by Gasteiger charge is 2.15. The van der Waals surface area contributed by atoms with Crippen molar-refractivity contribution in [1.29, 1.82) is 0 Å². The van der Waals surface area contributed by atoms with E-state index in [9.17, 15) is 9.59 Å². The summed E-state index contributed by atoms with van der Waals surface area (Å²) in [5.41, 5.74) is 0.805. The maximum absolute atomic E-state index is 11.4. The van der Waals surface area contributed by atoms with Gasteiger partial charge < -0.3 is 4.74 Å². The zero-order valence-corrected chi connectivity index (χ0v) is 8.18. The third kappa shape index (κ3) is 2.35. The molecule has 1 aromatic rings. The summed E-state index contributed by atoms with van der Waals surface area (Å²) in [5, 5.41) is 0. The normalized spacial score (nSPS) is 9.69. The van der Waals surface area contributed by atoms with Gasteiger partial charge in [-0.2, -0.15) is 0 Å². The van der Waals surface area contributed by atoms with Crippen molar-refractivity contribution in [2.75, 3.05) is 7.11 Å². The summed E-state index contributed by atoms with van der Waals surface area (Å²) in [4.78, 5) is 22.7. The van der Waals surface area contributed by atoms with Crippen molar-refractivity contribution in [2.45, 2.75) is 13.3 Å². The molecule has 0 atom stereocenters. The number of hydrogen-bond acceptors (Lipinski definition) is 5.